The minimum absolute atomic E-state index is 0.0655. The van der Waals surface area contributed by atoms with E-state index >= 15 is 0 Å². The molecule has 6 nitrogen and oxygen atoms in total. The fourth-order valence-electron chi connectivity index (χ4n) is 3.35. The SMILES string of the molecule is Cc1csc(CN2CC3(CC(Oc4ncccn4)CCO3)C2)n1. The summed E-state index contributed by atoms with van der Waals surface area (Å²) in [7, 11) is 0. The van der Waals surface area contributed by atoms with Gasteiger partial charge in [0.1, 0.15) is 11.1 Å². The average molecular weight is 332 g/mol. The van der Waals surface area contributed by atoms with Crippen molar-refractivity contribution >= 4 is 11.3 Å². The summed E-state index contributed by atoms with van der Waals surface area (Å²) < 4.78 is 12.0. The average Bonchev–Trinajstić information content (AvgIpc) is 2.92. The Morgan fingerprint density at radius 2 is 2.22 bits per heavy atom. The lowest BCUT2D eigenvalue weighted by Gasteiger charge is -2.52. The molecule has 2 aliphatic heterocycles. The minimum atomic E-state index is -0.0655. The summed E-state index contributed by atoms with van der Waals surface area (Å²) in [6.07, 6.45) is 5.34. The van der Waals surface area contributed by atoms with Gasteiger partial charge in [0.2, 0.25) is 0 Å². The molecule has 0 amide bonds. The van der Waals surface area contributed by atoms with Gasteiger partial charge >= 0.3 is 6.01 Å². The lowest BCUT2D eigenvalue weighted by atomic mass is 9.85. The molecule has 1 unspecified atom stereocenters. The molecule has 0 bridgehead atoms. The Labute approximate surface area is 139 Å². The molecular weight excluding hydrogens is 312 g/mol. The zero-order valence-corrected chi connectivity index (χ0v) is 14.0. The van der Waals surface area contributed by atoms with Gasteiger partial charge in [0, 0.05) is 49.4 Å². The first-order chi connectivity index (χ1) is 11.2. The molecule has 0 radical (unpaired) electrons. The molecule has 1 atom stereocenters. The van der Waals surface area contributed by atoms with Crippen LogP contribution in [0.2, 0.25) is 0 Å². The molecule has 0 saturated carbocycles. The van der Waals surface area contributed by atoms with Crippen LogP contribution >= 0.6 is 11.3 Å². The lowest BCUT2D eigenvalue weighted by Crippen LogP contribution is -2.65. The standard InChI is InChI=1S/C16H20N4O2S/c1-12-9-23-14(19-12)8-20-10-16(11-20)7-13(3-6-21-16)22-15-17-4-2-5-18-15/h2,4-5,9,13H,3,6-8,10-11H2,1H3. The smallest absolute Gasteiger partial charge is 0.316 e. The molecular formula is C16H20N4O2S. The van der Waals surface area contributed by atoms with Crippen molar-refractivity contribution in [2.45, 2.75) is 38.0 Å². The number of hydrogen-bond donors (Lipinski definition) is 0. The van der Waals surface area contributed by atoms with Crippen LogP contribution in [0.1, 0.15) is 23.5 Å². The highest BCUT2D eigenvalue weighted by Crippen LogP contribution is 2.36. The summed E-state index contributed by atoms with van der Waals surface area (Å²) in [5.74, 6) is 0. The third kappa shape index (κ3) is 3.36. The van der Waals surface area contributed by atoms with Crippen molar-refractivity contribution < 1.29 is 9.47 Å². The van der Waals surface area contributed by atoms with Gasteiger partial charge in [-0.25, -0.2) is 15.0 Å². The summed E-state index contributed by atoms with van der Waals surface area (Å²) in [5.41, 5.74) is 1.04. The van der Waals surface area contributed by atoms with Crippen molar-refractivity contribution in [2.75, 3.05) is 19.7 Å². The molecule has 0 N–H and O–H groups in total. The second-order valence-corrected chi connectivity index (χ2v) is 7.27. The normalized spacial score (nSPS) is 23.6. The van der Waals surface area contributed by atoms with E-state index in [0.717, 1.165) is 44.8 Å². The van der Waals surface area contributed by atoms with Crippen molar-refractivity contribution in [2.24, 2.45) is 0 Å². The second-order valence-electron chi connectivity index (χ2n) is 6.32. The van der Waals surface area contributed by atoms with Crippen LogP contribution in [0.25, 0.3) is 0 Å². The molecule has 4 rings (SSSR count). The zero-order chi connectivity index (χ0) is 15.7. The Morgan fingerprint density at radius 1 is 1.39 bits per heavy atom. The van der Waals surface area contributed by atoms with Gasteiger partial charge in [0.15, 0.2) is 0 Å². The third-order valence-electron chi connectivity index (χ3n) is 4.31. The summed E-state index contributed by atoms with van der Waals surface area (Å²) in [6.45, 7) is 5.58. The van der Waals surface area contributed by atoms with Crippen molar-refractivity contribution in [1.29, 1.82) is 0 Å². The van der Waals surface area contributed by atoms with E-state index in [2.05, 4.69) is 25.2 Å². The fraction of sp³-hybridized carbons (Fsp3) is 0.562. The Kier molecular flexibility index (Phi) is 4.00. The van der Waals surface area contributed by atoms with Gasteiger partial charge in [-0.05, 0) is 13.0 Å². The minimum Gasteiger partial charge on any atom is -0.460 e. The topological polar surface area (TPSA) is 60.4 Å². The van der Waals surface area contributed by atoms with E-state index < -0.39 is 0 Å². The van der Waals surface area contributed by atoms with Crippen LogP contribution in [0.4, 0.5) is 0 Å². The summed E-state index contributed by atoms with van der Waals surface area (Å²) in [6, 6.07) is 2.26. The van der Waals surface area contributed by atoms with Crippen LogP contribution < -0.4 is 4.74 Å². The van der Waals surface area contributed by atoms with Crippen LogP contribution in [0.15, 0.2) is 23.8 Å². The van der Waals surface area contributed by atoms with Crippen molar-refractivity contribution in [3.05, 3.63) is 34.5 Å². The lowest BCUT2D eigenvalue weighted by molar-refractivity contribution is -0.188. The highest BCUT2D eigenvalue weighted by molar-refractivity contribution is 7.09. The van der Waals surface area contributed by atoms with Crippen molar-refractivity contribution in [1.82, 2.24) is 19.9 Å². The maximum atomic E-state index is 6.06. The van der Waals surface area contributed by atoms with Crippen LogP contribution in [0.3, 0.4) is 0 Å². The van der Waals surface area contributed by atoms with Crippen LogP contribution in [0, 0.1) is 6.92 Å². The van der Waals surface area contributed by atoms with Gasteiger partial charge in [0.05, 0.1) is 18.8 Å². The van der Waals surface area contributed by atoms with Crippen LogP contribution in [0.5, 0.6) is 6.01 Å². The molecule has 7 heteroatoms. The fourth-order valence-corrected chi connectivity index (χ4v) is 4.16. The quantitative estimate of drug-likeness (QED) is 0.854. The molecule has 1 spiro atoms. The Balaban J connectivity index is 1.32. The number of ether oxygens (including phenoxy) is 2. The number of aryl methyl sites for hydroxylation is 1. The van der Waals surface area contributed by atoms with Crippen LogP contribution in [-0.4, -0.2) is 51.3 Å². The Morgan fingerprint density at radius 3 is 2.96 bits per heavy atom. The molecule has 0 aliphatic carbocycles. The zero-order valence-electron chi connectivity index (χ0n) is 13.1. The molecule has 2 fully saturated rings. The summed E-state index contributed by atoms with van der Waals surface area (Å²) in [4.78, 5) is 15.2. The van der Waals surface area contributed by atoms with Gasteiger partial charge < -0.3 is 9.47 Å². The summed E-state index contributed by atoms with van der Waals surface area (Å²) in [5, 5.41) is 3.28. The van der Waals surface area contributed by atoms with Gasteiger partial charge in [-0.3, -0.25) is 4.90 Å². The van der Waals surface area contributed by atoms with E-state index in [4.69, 9.17) is 9.47 Å². The van der Waals surface area contributed by atoms with E-state index in [1.165, 1.54) is 5.01 Å². The maximum Gasteiger partial charge on any atom is 0.316 e. The van der Waals surface area contributed by atoms with E-state index in [9.17, 15) is 0 Å². The highest BCUT2D eigenvalue weighted by Gasteiger charge is 2.48. The first-order valence-electron chi connectivity index (χ1n) is 7.92. The second kappa shape index (κ2) is 6.14. The predicted octanol–water partition coefficient (Wildman–Crippen LogP) is 2.05. The molecule has 2 aromatic heterocycles. The number of rotatable bonds is 4. The van der Waals surface area contributed by atoms with E-state index in [1.54, 1.807) is 29.8 Å². The molecule has 2 aromatic rings. The van der Waals surface area contributed by atoms with E-state index in [-0.39, 0.29) is 11.7 Å². The number of likely N-dealkylation sites (tertiary alicyclic amines) is 1. The number of hydrogen-bond acceptors (Lipinski definition) is 7. The third-order valence-corrected chi connectivity index (χ3v) is 5.26. The maximum absolute atomic E-state index is 6.06. The molecule has 122 valence electrons. The van der Waals surface area contributed by atoms with Gasteiger partial charge in [-0.15, -0.1) is 11.3 Å². The predicted molar refractivity (Wildman–Crippen MR) is 86.5 cm³/mol. The first kappa shape index (κ1) is 15.0. The Hall–Kier alpha value is -1.57. The molecule has 2 saturated heterocycles. The first-order valence-corrected chi connectivity index (χ1v) is 8.80. The Bertz CT molecular complexity index is 657. The number of nitrogens with zero attached hydrogens (tertiary/aromatic N) is 4. The van der Waals surface area contributed by atoms with Gasteiger partial charge in [0.25, 0.3) is 0 Å². The van der Waals surface area contributed by atoms with E-state index in [0.29, 0.717) is 6.01 Å². The molecule has 0 aromatic carbocycles. The highest BCUT2D eigenvalue weighted by atomic mass is 32.1. The monoisotopic (exact) mass is 332 g/mol. The molecule has 23 heavy (non-hydrogen) atoms. The van der Waals surface area contributed by atoms with Crippen molar-refractivity contribution in [3.63, 3.8) is 0 Å². The molecule has 4 heterocycles. The van der Waals surface area contributed by atoms with Gasteiger partial charge in [-0.1, -0.05) is 0 Å². The number of thiazole rings is 1. The number of aromatic nitrogens is 3. The largest absolute Gasteiger partial charge is 0.460 e. The van der Waals surface area contributed by atoms with Crippen molar-refractivity contribution in [3.8, 4) is 6.01 Å². The van der Waals surface area contributed by atoms with Crippen LogP contribution in [-0.2, 0) is 11.3 Å². The van der Waals surface area contributed by atoms with E-state index in [1.807, 2.05) is 6.92 Å². The summed E-state index contributed by atoms with van der Waals surface area (Å²) >= 11 is 1.73. The molecule has 2 aliphatic rings. The van der Waals surface area contributed by atoms with Gasteiger partial charge in [-0.2, -0.15) is 0 Å².